The van der Waals surface area contributed by atoms with E-state index in [1.807, 2.05) is 23.5 Å². The normalized spacial score (nSPS) is 37.8. The van der Waals surface area contributed by atoms with Crippen molar-refractivity contribution in [2.75, 3.05) is 18.1 Å². The molecule has 2 saturated heterocycles. The predicted octanol–water partition coefficient (Wildman–Crippen LogP) is 3.92. The minimum absolute atomic E-state index is 0.0620. The number of Topliss-reactive ketones (excluding diaryl/α,β-unsaturated/α-hetero) is 1. The standard InChI is InChI=1S/C16H26O2S2/c1-12-15(20-10-9-19-12)14(17)13-5-8-18-16(11-13)6-3-2-4-7-16/h12-13,15H,2-11H2,1H3. The highest BCUT2D eigenvalue weighted by atomic mass is 32.2. The van der Waals surface area contributed by atoms with Crippen molar-refractivity contribution in [3.8, 4) is 0 Å². The van der Waals surface area contributed by atoms with Crippen molar-refractivity contribution in [3.05, 3.63) is 0 Å². The summed E-state index contributed by atoms with van der Waals surface area (Å²) >= 11 is 3.87. The fourth-order valence-electron chi connectivity index (χ4n) is 3.99. The van der Waals surface area contributed by atoms with Crippen molar-refractivity contribution in [2.45, 2.75) is 68.0 Å². The molecule has 0 bridgehead atoms. The van der Waals surface area contributed by atoms with Gasteiger partial charge in [-0.25, -0.2) is 0 Å². The summed E-state index contributed by atoms with van der Waals surface area (Å²) in [5.74, 6) is 3.14. The Labute approximate surface area is 131 Å². The molecule has 1 spiro atoms. The highest BCUT2D eigenvalue weighted by Crippen LogP contribution is 2.43. The number of ether oxygens (including phenoxy) is 1. The van der Waals surface area contributed by atoms with Crippen LogP contribution in [0.5, 0.6) is 0 Å². The first-order valence-electron chi connectivity index (χ1n) is 8.11. The number of thioether (sulfide) groups is 2. The van der Waals surface area contributed by atoms with Gasteiger partial charge in [0.1, 0.15) is 5.78 Å². The van der Waals surface area contributed by atoms with E-state index < -0.39 is 0 Å². The van der Waals surface area contributed by atoms with E-state index in [4.69, 9.17) is 4.74 Å². The monoisotopic (exact) mass is 314 g/mol. The second-order valence-electron chi connectivity index (χ2n) is 6.55. The van der Waals surface area contributed by atoms with Gasteiger partial charge in [-0.1, -0.05) is 26.2 Å². The minimum Gasteiger partial charge on any atom is -0.375 e. The molecule has 4 heteroatoms. The van der Waals surface area contributed by atoms with Crippen LogP contribution in [0.2, 0.25) is 0 Å². The molecule has 0 aromatic rings. The fourth-order valence-corrected chi connectivity index (χ4v) is 6.80. The quantitative estimate of drug-likeness (QED) is 0.771. The Hall–Kier alpha value is 0.330. The lowest BCUT2D eigenvalue weighted by Gasteiger charge is -2.44. The van der Waals surface area contributed by atoms with E-state index in [2.05, 4.69) is 6.92 Å². The van der Waals surface area contributed by atoms with Crippen LogP contribution in [0.3, 0.4) is 0 Å². The molecule has 114 valence electrons. The van der Waals surface area contributed by atoms with E-state index in [1.165, 1.54) is 37.9 Å². The van der Waals surface area contributed by atoms with E-state index in [-0.39, 0.29) is 16.8 Å². The lowest BCUT2D eigenvalue weighted by Crippen LogP contribution is -2.46. The molecule has 1 saturated carbocycles. The third-order valence-electron chi connectivity index (χ3n) is 5.13. The number of carbonyl (C=O) groups excluding carboxylic acids is 1. The Morgan fingerprint density at radius 3 is 2.65 bits per heavy atom. The number of ketones is 1. The molecule has 2 nitrogen and oxygen atoms in total. The summed E-state index contributed by atoms with van der Waals surface area (Å²) in [5.41, 5.74) is 0.0620. The zero-order valence-electron chi connectivity index (χ0n) is 12.4. The second-order valence-corrected chi connectivity index (χ2v) is 9.29. The average molecular weight is 315 g/mol. The van der Waals surface area contributed by atoms with E-state index in [1.54, 1.807) is 0 Å². The third kappa shape index (κ3) is 3.22. The van der Waals surface area contributed by atoms with Gasteiger partial charge in [0.05, 0.1) is 10.9 Å². The Kier molecular flexibility index (Phi) is 5.04. The lowest BCUT2D eigenvalue weighted by molar-refractivity contribution is -0.142. The average Bonchev–Trinajstić information content (AvgIpc) is 2.48. The van der Waals surface area contributed by atoms with Gasteiger partial charge in [0.2, 0.25) is 0 Å². The summed E-state index contributed by atoms with van der Waals surface area (Å²) in [5, 5.41) is 0.726. The van der Waals surface area contributed by atoms with Gasteiger partial charge in [0, 0.05) is 29.3 Å². The van der Waals surface area contributed by atoms with Crippen LogP contribution >= 0.6 is 23.5 Å². The zero-order valence-corrected chi connectivity index (χ0v) is 14.1. The molecule has 0 aromatic heterocycles. The number of hydrogen-bond donors (Lipinski definition) is 0. The first kappa shape index (κ1) is 15.2. The van der Waals surface area contributed by atoms with Crippen molar-refractivity contribution >= 4 is 29.3 Å². The zero-order chi connectivity index (χ0) is 14.0. The van der Waals surface area contributed by atoms with Crippen LogP contribution in [-0.4, -0.2) is 40.0 Å². The van der Waals surface area contributed by atoms with Gasteiger partial charge < -0.3 is 4.74 Å². The molecule has 0 radical (unpaired) electrons. The van der Waals surface area contributed by atoms with Crippen LogP contribution < -0.4 is 0 Å². The summed E-state index contributed by atoms with van der Waals surface area (Å²) in [6.07, 6.45) is 8.22. The number of carbonyl (C=O) groups is 1. The van der Waals surface area contributed by atoms with Crippen molar-refractivity contribution in [3.63, 3.8) is 0 Å². The smallest absolute Gasteiger partial charge is 0.150 e. The van der Waals surface area contributed by atoms with Crippen LogP contribution in [0.25, 0.3) is 0 Å². The molecule has 0 amide bonds. The summed E-state index contributed by atoms with van der Waals surface area (Å²) in [4.78, 5) is 12.9. The highest BCUT2D eigenvalue weighted by Gasteiger charge is 2.43. The maximum atomic E-state index is 12.9. The summed E-state index contributed by atoms with van der Waals surface area (Å²) in [6, 6.07) is 0. The van der Waals surface area contributed by atoms with Crippen molar-refractivity contribution < 1.29 is 9.53 Å². The summed E-state index contributed by atoms with van der Waals surface area (Å²) in [6.45, 7) is 3.03. The molecular formula is C16H26O2S2. The SMILES string of the molecule is CC1SCCSC1C(=O)C1CCOC2(CCCCC2)C1. The van der Waals surface area contributed by atoms with Gasteiger partial charge in [-0.2, -0.15) is 11.8 Å². The largest absolute Gasteiger partial charge is 0.375 e. The molecule has 3 aliphatic rings. The van der Waals surface area contributed by atoms with Crippen molar-refractivity contribution in [1.82, 2.24) is 0 Å². The number of rotatable bonds is 2. The van der Waals surface area contributed by atoms with Gasteiger partial charge >= 0.3 is 0 Å². The van der Waals surface area contributed by atoms with Crippen LogP contribution in [0.15, 0.2) is 0 Å². The van der Waals surface area contributed by atoms with Gasteiger partial charge in [-0.3, -0.25) is 4.79 Å². The van der Waals surface area contributed by atoms with Gasteiger partial charge in [0.15, 0.2) is 0 Å². The fraction of sp³-hybridized carbons (Fsp3) is 0.938. The molecule has 2 aliphatic heterocycles. The summed E-state index contributed by atoms with van der Waals surface area (Å²) in [7, 11) is 0. The van der Waals surface area contributed by atoms with E-state index in [9.17, 15) is 4.79 Å². The molecule has 20 heavy (non-hydrogen) atoms. The minimum atomic E-state index is 0.0620. The number of hydrogen-bond acceptors (Lipinski definition) is 4. The van der Waals surface area contributed by atoms with Crippen LogP contribution in [0.1, 0.15) is 51.9 Å². The van der Waals surface area contributed by atoms with Crippen LogP contribution in [0, 0.1) is 5.92 Å². The highest BCUT2D eigenvalue weighted by molar-refractivity contribution is 8.07. The predicted molar refractivity (Wildman–Crippen MR) is 87.7 cm³/mol. The first-order valence-corrected chi connectivity index (χ1v) is 10.2. The van der Waals surface area contributed by atoms with Gasteiger partial charge in [-0.05, 0) is 25.7 Å². The first-order chi connectivity index (χ1) is 9.70. The topological polar surface area (TPSA) is 26.3 Å². The van der Waals surface area contributed by atoms with Crippen LogP contribution in [-0.2, 0) is 9.53 Å². The van der Waals surface area contributed by atoms with Crippen LogP contribution in [0.4, 0.5) is 0 Å². The Morgan fingerprint density at radius 1 is 1.15 bits per heavy atom. The summed E-state index contributed by atoms with van der Waals surface area (Å²) < 4.78 is 6.14. The molecule has 0 aromatic carbocycles. The van der Waals surface area contributed by atoms with Crippen molar-refractivity contribution in [1.29, 1.82) is 0 Å². The van der Waals surface area contributed by atoms with Gasteiger partial charge in [-0.15, -0.1) is 11.8 Å². The van der Waals surface area contributed by atoms with Crippen molar-refractivity contribution in [2.24, 2.45) is 5.92 Å². The molecule has 3 rings (SSSR count). The van der Waals surface area contributed by atoms with E-state index in [0.717, 1.165) is 25.2 Å². The Balaban J connectivity index is 1.65. The molecule has 2 heterocycles. The second kappa shape index (κ2) is 6.62. The van der Waals surface area contributed by atoms with E-state index in [0.29, 0.717) is 11.0 Å². The molecule has 3 fully saturated rings. The Morgan fingerprint density at radius 2 is 1.90 bits per heavy atom. The molecule has 1 aliphatic carbocycles. The maximum absolute atomic E-state index is 12.9. The molecule has 3 atom stereocenters. The molecular weight excluding hydrogens is 288 g/mol. The van der Waals surface area contributed by atoms with E-state index >= 15 is 0 Å². The lowest BCUT2D eigenvalue weighted by atomic mass is 9.74. The molecule has 3 unspecified atom stereocenters. The third-order valence-corrected chi connectivity index (χ3v) is 8.24. The Bertz CT molecular complexity index is 347. The maximum Gasteiger partial charge on any atom is 0.150 e. The van der Waals surface area contributed by atoms with Gasteiger partial charge in [0.25, 0.3) is 0 Å². The molecule has 0 N–H and O–H groups in total.